The van der Waals surface area contributed by atoms with Gasteiger partial charge in [0.25, 0.3) is 0 Å². The summed E-state index contributed by atoms with van der Waals surface area (Å²) in [5, 5.41) is 9.75. The van der Waals surface area contributed by atoms with Crippen LogP contribution in [0.4, 0.5) is 0 Å². The molecular weight excluding hydrogens is 332 g/mol. The zero-order chi connectivity index (χ0) is 17.4. The highest BCUT2D eigenvalue weighted by Gasteiger charge is 2.48. The number of sulfonamides is 1. The van der Waals surface area contributed by atoms with Crippen LogP contribution in [0.15, 0.2) is 47.6 Å². The van der Waals surface area contributed by atoms with E-state index >= 15 is 0 Å². The van der Waals surface area contributed by atoms with Crippen LogP contribution in [-0.2, 0) is 26.8 Å². The Balaban J connectivity index is 2.05. The fourth-order valence-electron chi connectivity index (χ4n) is 2.93. The molecule has 7 nitrogen and oxygen atoms in total. The van der Waals surface area contributed by atoms with E-state index in [-0.39, 0.29) is 17.1 Å². The van der Waals surface area contributed by atoms with Crippen molar-refractivity contribution >= 4 is 16.0 Å². The molecule has 1 heterocycles. The molecule has 1 atom stereocenters. The minimum Gasteiger partial charge on any atom is -0.495 e. The monoisotopic (exact) mass is 348 g/mol. The number of nitrogens with one attached hydrogen (secondary N) is 1. The summed E-state index contributed by atoms with van der Waals surface area (Å²) in [5.41, 5.74) is -0.387. The Labute approximate surface area is 139 Å². The van der Waals surface area contributed by atoms with Gasteiger partial charge in [-0.05, 0) is 24.0 Å². The largest absolute Gasteiger partial charge is 0.495 e. The van der Waals surface area contributed by atoms with E-state index in [0.29, 0.717) is 12.0 Å². The Morgan fingerprint density at radius 2 is 2.08 bits per heavy atom. The van der Waals surface area contributed by atoms with Crippen LogP contribution >= 0.6 is 0 Å². The number of nitrogens with zero attached hydrogens (tertiary/aromatic N) is 1. The highest BCUT2D eigenvalue weighted by molar-refractivity contribution is 7.89. The molecule has 1 aromatic heterocycles. The standard InChI is InChI=1S/C16H16N2O5S/c1-23-12-8-13(10-17-9-12)24(21,22)18-16(15(19)20)7-6-11-4-2-3-5-14(11)16/h2-5,8-10,18H,6-7H2,1H3,(H,19,20). The van der Waals surface area contributed by atoms with Crippen LogP contribution in [0.3, 0.4) is 0 Å². The van der Waals surface area contributed by atoms with Crippen molar-refractivity contribution in [3.8, 4) is 5.75 Å². The molecule has 3 rings (SSSR count). The third-order valence-electron chi connectivity index (χ3n) is 4.15. The Morgan fingerprint density at radius 1 is 1.33 bits per heavy atom. The van der Waals surface area contributed by atoms with Gasteiger partial charge in [0.1, 0.15) is 10.6 Å². The molecule has 126 valence electrons. The molecule has 0 saturated carbocycles. The first-order valence-electron chi connectivity index (χ1n) is 7.24. The maximum atomic E-state index is 12.7. The maximum absolute atomic E-state index is 12.7. The lowest BCUT2D eigenvalue weighted by Crippen LogP contribution is -2.50. The van der Waals surface area contributed by atoms with E-state index in [1.54, 1.807) is 24.3 Å². The summed E-state index contributed by atoms with van der Waals surface area (Å²) in [5.74, 6) is -0.957. The van der Waals surface area contributed by atoms with Crippen molar-refractivity contribution in [2.75, 3.05) is 7.11 Å². The van der Waals surface area contributed by atoms with Gasteiger partial charge in [0, 0.05) is 12.3 Å². The smallest absolute Gasteiger partial charge is 0.329 e. The van der Waals surface area contributed by atoms with Gasteiger partial charge in [-0.3, -0.25) is 4.98 Å². The molecule has 0 amide bonds. The lowest BCUT2D eigenvalue weighted by Gasteiger charge is -2.26. The predicted molar refractivity (Wildman–Crippen MR) is 85.2 cm³/mol. The molecule has 2 aromatic rings. The van der Waals surface area contributed by atoms with Crippen molar-refractivity contribution in [3.63, 3.8) is 0 Å². The van der Waals surface area contributed by atoms with Crippen LogP contribution in [0.2, 0.25) is 0 Å². The van der Waals surface area contributed by atoms with E-state index in [4.69, 9.17) is 4.74 Å². The Morgan fingerprint density at radius 3 is 2.79 bits per heavy atom. The summed E-state index contributed by atoms with van der Waals surface area (Å²) in [7, 11) is -2.70. The molecule has 0 aliphatic heterocycles. The molecule has 1 aliphatic carbocycles. The second-order valence-electron chi connectivity index (χ2n) is 5.53. The first kappa shape index (κ1) is 16.4. The average molecular weight is 348 g/mol. The lowest BCUT2D eigenvalue weighted by molar-refractivity contribution is -0.144. The SMILES string of the molecule is COc1cncc(S(=O)(=O)NC2(C(=O)O)CCc3ccccc32)c1. The number of aliphatic carboxylic acids is 1. The average Bonchev–Trinajstić information content (AvgIpc) is 2.95. The van der Waals surface area contributed by atoms with Crippen molar-refractivity contribution in [3.05, 3.63) is 53.9 Å². The molecule has 1 aromatic carbocycles. The van der Waals surface area contributed by atoms with Gasteiger partial charge in [-0.15, -0.1) is 0 Å². The second-order valence-corrected chi connectivity index (χ2v) is 7.22. The fourth-order valence-corrected chi connectivity index (χ4v) is 4.28. The molecule has 0 radical (unpaired) electrons. The van der Waals surface area contributed by atoms with Gasteiger partial charge < -0.3 is 9.84 Å². The normalized spacial score (nSPS) is 19.7. The predicted octanol–water partition coefficient (Wildman–Crippen LogP) is 1.29. The van der Waals surface area contributed by atoms with Crippen molar-refractivity contribution in [1.82, 2.24) is 9.71 Å². The molecule has 1 unspecified atom stereocenters. The highest BCUT2D eigenvalue weighted by atomic mass is 32.2. The Hall–Kier alpha value is -2.45. The summed E-state index contributed by atoms with van der Waals surface area (Å²) in [6.07, 6.45) is 3.16. The fraction of sp³-hybridized carbons (Fsp3) is 0.250. The minimum absolute atomic E-state index is 0.146. The van der Waals surface area contributed by atoms with Crippen LogP contribution in [0.1, 0.15) is 17.5 Å². The van der Waals surface area contributed by atoms with Gasteiger partial charge in [-0.1, -0.05) is 24.3 Å². The van der Waals surface area contributed by atoms with Gasteiger partial charge in [0.2, 0.25) is 10.0 Å². The number of benzene rings is 1. The van der Waals surface area contributed by atoms with E-state index in [9.17, 15) is 18.3 Å². The van der Waals surface area contributed by atoms with Gasteiger partial charge in [0.05, 0.1) is 13.3 Å². The number of aryl methyl sites for hydroxylation is 1. The molecule has 1 aliphatic rings. The molecule has 2 N–H and O–H groups in total. The minimum atomic E-state index is -4.10. The van der Waals surface area contributed by atoms with Gasteiger partial charge in [-0.2, -0.15) is 4.72 Å². The van der Waals surface area contributed by atoms with Crippen molar-refractivity contribution in [2.24, 2.45) is 0 Å². The zero-order valence-electron chi connectivity index (χ0n) is 12.9. The highest BCUT2D eigenvalue weighted by Crippen LogP contribution is 2.38. The van der Waals surface area contributed by atoms with Crippen molar-refractivity contribution < 1.29 is 23.1 Å². The van der Waals surface area contributed by atoms with Crippen LogP contribution in [-0.4, -0.2) is 31.6 Å². The molecule has 8 heteroatoms. The number of pyridine rings is 1. The number of carbonyl (C=O) groups is 1. The molecule has 0 bridgehead atoms. The number of hydrogen-bond donors (Lipinski definition) is 2. The van der Waals surface area contributed by atoms with Gasteiger partial charge in [0.15, 0.2) is 5.54 Å². The molecule has 0 fully saturated rings. The number of carboxylic acid groups (broad SMARTS) is 1. The van der Waals surface area contributed by atoms with E-state index in [1.165, 1.54) is 19.4 Å². The molecule has 0 saturated heterocycles. The quantitative estimate of drug-likeness (QED) is 0.843. The lowest BCUT2D eigenvalue weighted by atomic mass is 9.93. The van der Waals surface area contributed by atoms with Gasteiger partial charge in [-0.25, -0.2) is 13.2 Å². The Kier molecular flexibility index (Phi) is 4.02. The topological polar surface area (TPSA) is 106 Å². The third-order valence-corrected chi connectivity index (χ3v) is 5.62. The van der Waals surface area contributed by atoms with E-state index in [1.807, 2.05) is 0 Å². The van der Waals surface area contributed by atoms with Crippen molar-refractivity contribution in [1.29, 1.82) is 0 Å². The summed E-state index contributed by atoms with van der Waals surface area (Å²) in [6, 6.07) is 8.25. The van der Waals surface area contributed by atoms with E-state index in [2.05, 4.69) is 9.71 Å². The van der Waals surface area contributed by atoms with Gasteiger partial charge >= 0.3 is 5.97 Å². The summed E-state index contributed by atoms with van der Waals surface area (Å²) >= 11 is 0. The first-order chi connectivity index (χ1) is 11.4. The number of hydrogen-bond acceptors (Lipinski definition) is 5. The van der Waals surface area contributed by atoms with E-state index in [0.717, 1.165) is 11.8 Å². The number of fused-ring (bicyclic) bond motifs is 1. The summed E-state index contributed by atoms with van der Waals surface area (Å²) in [4.78, 5) is 15.6. The Bertz CT molecular complexity index is 897. The summed E-state index contributed by atoms with van der Waals surface area (Å²) < 4.78 is 32.8. The number of ether oxygens (including phenoxy) is 1. The van der Waals surface area contributed by atoms with Crippen LogP contribution in [0.25, 0.3) is 0 Å². The number of rotatable bonds is 5. The zero-order valence-corrected chi connectivity index (χ0v) is 13.7. The van der Waals surface area contributed by atoms with Crippen LogP contribution in [0.5, 0.6) is 5.75 Å². The number of aromatic nitrogens is 1. The molecule has 0 spiro atoms. The molecular formula is C16H16N2O5S. The first-order valence-corrected chi connectivity index (χ1v) is 8.72. The van der Waals surface area contributed by atoms with E-state index < -0.39 is 21.5 Å². The van der Waals surface area contributed by atoms with Crippen LogP contribution in [0, 0.1) is 0 Å². The third kappa shape index (κ3) is 2.63. The van der Waals surface area contributed by atoms with Crippen LogP contribution < -0.4 is 9.46 Å². The van der Waals surface area contributed by atoms with Crippen molar-refractivity contribution in [2.45, 2.75) is 23.3 Å². The number of carboxylic acids is 1. The maximum Gasteiger partial charge on any atom is 0.329 e. The molecule has 24 heavy (non-hydrogen) atoms. The second kappa shape index (κ2) is 5.88. The summed E-state index contributed by atoms with van der Waals surface area (Å²) in [6.45, 7) is 0. The number of methoxy groups -OCH3 is 1.